The van der Waals surface area contributed by atoms with Crippen molar-refractivity contribution in [1.29, 1.82) is 0 Å². The first kappa shape index (κ1) is 12.2. The molecule has 1 rings (SSSR count). The van der Waals surface area contributed by atoms with Gasteiger partial charge in [-0.1, -0.05) is 6.07 Å². The van der Waals surface area contributed by atoms with Crippen molar-refractivity contribution < 1.29 is 28.2 Å². The van der Waals surface area contributed by atoms with Crippen molar-refractivity contribution in [2.24, 2.45) is 0 Å². The highest BCUT2D eigenvalue weighted by Gasteiger charge is 2.13. The molecule has 0 heterocycles. The molecule has 0 aliphatic carbocycles. The second kappa shape index (κ2) is 5.29. The number of alkyl halides is 2. The monoisotopic (exact) mass is 232 g/mol. The van der Waals surface area contributed by atoms with Crippen LogP contribution in [0.1, 0.15) is 6.92 Å². The van der Waals surface area contributed by atoms with E-state index >= 15 is 0 Å². The molecule has 0 amide bonds. The van der Waals surface area contributed by atoms with E-state index in [0.717, 1.165) is 0 Å². The zero-order valence-electron chi connectivity index (χ0n) is 8.39. The summed E-state index contributed by atoms with van der Waals surface area (Å²) in [5.41, 5.74) is 0. The van der Waals surface area contributed by atoms with Gasteiger partial charge < -0.3 is 14.6 Å². The predicted octanol–water partition coefficient (Wildman–Crippen LogP) is 2.14. The fourth-order valence-corrected chi connectivity index (χ4v) is 0.978. The molecule has 0 fully saturated rings. The molecule has 88 valence electrons. The summed E-state index contributed by atoms with van der Waals surface area (Å²) < 4.78 is 32.9. The summed E-state index contributed by atoms with van der Waals surface area (Å²) in [6, 6.07) is 5.41. The minimum absolute atomic E-state index is 0.0786. The number of ether oxygens (including phenoxy) is 2. The fraction of sp³-hybridized carbons (Fsp3) is 0.300. The smallest absolute Gasteiger partial charge is 0.387 e. The quantitative estimate of drug-likeness (QED) is 0.844. The van der Waals surface area contributed by atoms with Gasteiger partial charge in [0.2, 0.25) is 0 Å². The lowest BCUT2D eigenvalue weighted by Gasteiger charge is -2.11. The Kier molecular flexibility index (Phi) is 4.04. The average molecular weight is 232 g/mol. The van der Waals surface area contributed by atoms with Gasteiger partial charge in [-0.2, -0.15) is 8.78 Å². The number of carbonyl (C=O) groups is 1. The molecule has 1 aromatic carbocycles. The van der Waals surface area contributed by atoms with E-state index in [1.54, 1.807) is 0 Å². The molecule has 1 atom stereocenters. The maximum atomic E-state index is 11.9. The maximum absolute atomic E-state index is 11.9. The molecule has 4 nitrogen and oxygen atoms in total. The molecule has 0 saturated carbocycles. The normalized spacial score (nSPS) is 12.2. The Balaban J connectivity index is 2.70. The van der Waals surface area contributed by atoms with Crippen LogP contribution >= 0.6 is 0 Å². The van der Waals surface area contributed by atoms with Crippen molar-refractivity contribution in [3.63, 3.8) is 0 Å². The Morgan fingerprint density at radius 2 is 1.88 bits per heavy atom. The number of hydrogen-bond acceptors (Lipinski definition) is 3. The van der Waals surface area contributed by atoms with Crippen LogP contribution < -0.4 is 9.47 Å². The van der Waals surface area contributed by atoms with E-state index in [2.05, 4.69) is 4.74 Å². The van der Waals surface area contributed by atoms with E-state index in [9.17, 15) is 13.6 Å². The van der Waals surface area contributed by atoms with Crippen LogP contribution in [0.5, 0.6) is 11.5 Å². The van der Waals surface area contributed by atoms with Gasteiger partial charge in [0.1, 0.15) is 11.5 Å². The van der Waals surface area contributed by atoms with Gasteiger partial charge >= 0.3 is 12.6 Å². The van der Waals surface area contributed by atoms with Crippen molar-refractivity contribution in [3.05, 3.63) is 24.3 Å². The molecule has 0 aliphatic rings. The Hall–Kier alpha value is -1.85. The number of aliphatic carboxylic acids is 1. The zero-order chi connectivity index (χ0) is 12.1. The lowest BCUT2D eigenvalue weighted by Crippen LogP contribution is -2.22. The fourth-order valence-electron chi connectivity index (χ4n) is 0.978. The highest BCUT2D eigenvalue weighted by Crippen LogP contribution is 2.21. The minimum atomic E-state index is -2.92. The lowest BCUT2D eigenvalue weighted by molar-refractivity contribution is -0.144. The van der Waals surface area contributed by atoms with Gasteiger partial charge in [0, 0.05) is 6.07 Å². The van der Waals surface area contributed by atoms with Crippen LogP contribution in [0, 0.1) is 0 Å². The summed E-state index contributed by atoms with van der Waals surface area (Å²) in [6.45, 7) is -1.59. The first-order valence-electron chi connectivity index (χ1n) is 4.43. The topological polar surface area (TPSA) is 55.8 Å². The molecule has 0 aliphatic heterocycles. The van der Waals surface area contributed by atoms with Gasteiger partial charge in [0.05, 0.1) is 0 Å². The highest BCUT2D eigenvalue weighted by atomic mass is 19.3. The zero-order valence-corrected chi connectivity index (χ0v) is 8.39. The third-order valence-corrected chi connectivity index (χ3v) is 1.69. The number of benzene rings is 1. The van der Waals surface area contributed by atoms with Crippen LogP contribution in [0.3, 0.4) is 0 Å². The van der Waals surface area contributed by atoms with Crippen LogP contribution in [-0.2, 0) is 4.79 Å². The number of carboxylic acids is 1. The van der Waals surface area contributed by atoms with Crippen LogP contribution in [0.4, 0.5) is 8.78 Å². The molecule has 0 aromatic heterocycles. The Morgan fingerprint density at radius 1 is 1.31 bits per heavy atom. The van der Waals surface area contributed by atoms with Gasteiger partial charge in [0.25, 0.3) is 0 Å². The van der Waals surface area contributed by atoms with Gasteiger partial charge in [-0.3, -0.25) is 0 Å². The Morgan fingerprint density at radius 3 is 2.38 bits per heavy atom. The summed E-state index contributed by atoms with van der Waals surface area (Å²) in [4.78, 5) is 10.5. The van der Waals surface area contributed by atoms with E-state index in [1.807, 2.05) is 0 Å². The summed E-state index contributed by atoms with van der Waals surface area (Å²) in [6.07, 6.45) is -1.05. The van der Waals surface area contributed by atoms with Gasteiger partial charge in [-0.15, -0.1) is 0 Å². The molecular weight excluding hydrogens is 222 g/mol. The average Bonchev–Trinajstić information content (AvgIpc) is 2.16. The number of rotatable bonds is 5. The second-order valence-corrected chi connectivity index (χ2v) is 2.95. The van der Waals surface area contributed by atoms with Crippen LogP contribution in [-0.4, -0.2) is 23.8 Å². The van der Waals surface area contributed by atoms with E-state index < -0.39 is 18.7 Å². The van der Waals surface area contributed by atoms with Crippen molar-refractivity contribution in [3.8, 4) is 11.5 Å². The highest BCUT2D eigenvalue weighted by molar-refractivity contribution is 5.72. The molecule has 0 radical (unpaired) electrons. The van der Waals surface area contributed by atoms with Crippen molar-refractivity contribution in [1.82, 2.24) is 0 Å². The van der Waals surface area contributed by atoms with Gasteiger partial charge in [-0.05, 0) is 19.1 Å². The summed E-state index contributed by atoms with van der Waals surface area (Å²) in [7, 11) is 0. The van der Waals surface area contributed by atoms with E-state index in [1.165, 1.54) is 31.2 Å². The first-order chi connectivity index (χ1) is 7.49. The van der Waals surface area contributed by atoms with E-state index in [0.29, 0.717) is 0 Å². The number of hydrogen-bond donors (Lipinski definition) is 1. The van der Waals surface area contributed by atoms with Gasteiger partial charge in [0.15, 0.2) is 6.10 Å². The maximum Gasteiger partial charge on any atom is 0.387 e. The van der Waals surface area contributed by atoms with Crippen molar-refractivity contribution >= 4 is 5.97 Å². The van der Waals surface area contributed by atoms with E-state index in [4.69, 9.17) is 9.84 Å². The molecular formula is C10H10F2O4. The third-order valence-electron chi connectivity index (χ3n) is 1.69. The minimum Gasteiger partial charge on any atom is -0.479 e. The lowest BCUT2D eigenvalue weighted by atomic mass is 10.3. The van der Waals surface area contributed by atoms with Crippen LogP contribution in [0.15, 0.2) is 24.3 Å². The summed E-state index contributed by atoms with van der Waals surface area (Å²) >= 11 is 0. The van der Waals surface area contributed by atoms with Crippen LogP contribution in [0.2, 0.25) is 0 Å². The molecule has 6 heteroatoms. The molecule has 1 N–H and O–H groups in total. The summed E-state index contributed by atoms with van der Waals surface area (Å²) in [5, 5.41) is 8.58. The largest absolute Gasteiger partial charge is 0.479 e. The standard InChI is InChI=1S/C10H10F2O4/c1-6(9(13)14)15-7-3-2-4-8(5-7)16-10(11)12/h2-6,10H,1H3,(H,13,14). The molecule has 0 bridgehead atoms. The first-order valence-corrected chi connectivity index (χ1v) is 4.43. The Bertz CT molecular complexity index is 368. The Labute approximate surface area is 90.4 Å². The van der Waals surface area contributed by atoms with E-state index in [-0.39, 0.29) is 11.5 Å². The van der Waals surface area contributed by atoms with Crippen molar-refractivity contribution in [2.45, 2.75) is 19.6 Å². The predicted molar refractivity (Wildman–Crippen MR) is 50.8 cm³/mol. The molecule has 0 spiro atoms. The van der Waals surface area contributed by atoms with Gasteiger partial charge in [-0.25, -0.2) is 4.79 Å². The van der Waals surface area contributed by atoms with Crippen LogP contribution in [0.25, 0.3) is 0 Å². The third kappa shape index (κ3) is 3.72. The SMILES string of the molecule is CC(Oc1cccc(OC(F)F)c1)C(=O)O. The molecule has 0 saturated heterocycles. The molecule has 16 heavy (non-hydrogen) atoms. The second-order valence-electron chi connectivity index (χ2n) is 2.95. The molecule has 1 aromatic rings. The number of halogens is 2. The number of carboxylic acid groups (broad SMARTS) is 1. The summed E-state index contributed by atoms with van der Waals surface area (Å²) in [5.74, 6) is -1.06. The molecule has 1 unspecified atom stereocenters. The van der Waals surface area contributed by atoms with Crippen molar-refractivity contribution in [2.75, 3.05) is 0 Å².